The van der Waals surface area contributed by atoms with E-state index in [9.17, 15) is 9.90 Å². The molecule has 1 aromatic carbocycles. The molecule has 0 radical (unpaired) electrons. The van der Waals surface area contributed by atoms with Gasteiger partial charge >= 0.3 is 5.97 Å². The molecule has 110 valence electrons. The van der Waals surface area contributed by atoms with Crippen LogP contribution in [0.5, 0.6) is 5.75 Å². The van der Waals surface area contributed by atoms with Crippen LogP contribution >= 0.6 is 11.6 Å². The number of carboxylic acid groups (broad SMARTS) is 1. The predicted molar refractivity (Wildman–Crippen MR) is 80.8 cm³/mol. The summed E-state index contributed by atoms with van der Waals surface area (Å²) in [5, 5.41) is 9.80. The van der Waals surface area contributed by atoms with Crippen LogP contribution < -0.4 is 4.74 Å². The Hall–Kier alpha value is -2.07. The summed E-state index contributed by atoms with van der Waals surface area (Å²) >= 11 is 5.73. The van der Waals surface area contributed by atoms with E-state index in [1.54, 1.807) is 25.4 Å². The number of rotatable bonds is 6. The molecule has 2 aromatic rings. The van der Waals surface area contributed by atoms with Crippen molar-refractivity contribution >= 4 is 17.6 Å². The van der Waals surface area contributed by atoms with Crippen LogP contribution in [0, 0.1) is 5.92 Å². The van der Waals surface area contributed by atoms with E-state index in [4.69, 9.17) is 16.3 Å². The van der Waals surface area contributed by atoms with Crippen molar-refractivity contribution < 1.29 is 14.6 Å². The number of benzene rings is 1. The lowest BCUT2D eigenvalue weighted by molar-refractivity contribution is -0.141. The number of pyridine rings is 1. The minimum absolute atomic E-state index is 0.401. The molecule has 0 aliphatic carbocycles. The van der Waals surface area contributed by atoms with Gasteiger partial charge in [-0.3, -0.25) is 4.79 Å². The fourth-order valence-corrected chi connectivity index (χ4v) is 2.25. The van der Waals surface area contributed by atoms with Crippen molar-refractivity contribution in [3.63, 3.8) is 0 Å². The van der Waals surface area contributed by atoms with Gasteiger partial charge in [-0.2, -0.15) is 0 Å². The Bertz CT molecular complexity index is 613. The van der Waals surface area contributed by atoms with Crippen LogP contribution in [0.15, 0.2) is 42.6 Å². The van der Waals surface area contributed by atoms with Crippen LogP contribution in [0.1, 0.15) is 11.1 Å². The normalized spacial score (nSPS) is 11.9. The summed E-state index contributed by atoms with van der Waals surface area (Å²) in [6.45, 7) is 0. The topological polar surface area (TPSA) is 59.4 Å². The van der Waals surface area contributed by atoms with Gasteiger partial charge in [-0.25, -0.2) is 4.98 Å². The molecular weight excluding hydrogens is 290 g/mol. The molecule has 1 atom stereocenters. The number of aromatic nitrogens is 1. The van der Waals surface area contributed by atoms with E-state index in [0.717, 1.165) is 16.9 Å². The van der Waals surface area contributed by atoms with E-state index >= 15 is 0 Å². The lowest BCUT2D eigenvalue weighted by Crippen LogP contribution is -2.19. The van der Waals surface area contributed by atoms with Crippen LogP contribution in [0.3, 0.4) is 0 Å². The van der Waals surface area contributed by atoms with E-state index in [-0.39, 0.29) is 0 Å². The number of carboxylic acids is 1. The molecule has 5 heteroatoms. The monoisotopic (exact) mass is 305 g/mol. The Labute approximate surface area is 128 Å². The molecule has 0 saturated heterocycles. The number of methoxy groups -OCH3 is 1. The van der Waals surface area contributed by atoms with E-state index in [2.05, 4.69) is 4.98 Å². The van der Waals surface area contributed by atoms with Crippen molar-refractivity contribution in [2.75, 3.05) is 7.11 Å². The van der Waals surface area contributed by atoms with Crippen molar-refractivity contribution in [2.24, 2.45) is 5.92 Å². The van der Waals surface area contributed by atoms with E-state index < -0.39 is 11.9 Å². The fourth-order valence-electron chi connectivity index (χ4n) is 2.14. The highest BCUT2D eigenvalue weighted by molar-refractivity contribution is 6.29. The zero-order valence-electron chi connectivity index (χ0n) is 11.6. The highest BCUT2D eigenvalue weighted by atomic mass is 35.5. The summed E-state index contributed by atoms with van der Waals surface area (Å²) in [5.74, 6) is -0.613. The first-order chi connectivity index (χ1) is 10.1. The second-order valence-electron chi connectivity index (χ2n) is 4.78. The van der Waals surface area contributed by atoms with Gasteiger partial charge in [0.15, 0.2) is 0 Å². The molecule has 2 rings (SSSR count). The lowest BCUT2D eigenvalue weighted by atomic mass is 9.93. The highest BCUT2D eigenvalue weighted by Crippen LogP contribution is 2.19. The molecule has 0 aliphatic heterocycles. The molecule has 4 nitrogen and oxygen atoms in total. The molecule has 0 amide bonds. The molecule has 0 spiro atoms. The van der Waals surface area contributed by atoms with E-state index in [1.165, 1.54) is 0 Å². The number of hydrogen-bond acceptors (Lipinski definition) is 3. The van der Waals surface area contributed by atoms with Crippen LogP contribution in [0.4, 0.5) is 0 Å². The molecule has 0 saturated carbocycles. The molecule has 0 aliphatic rings. The van der Waals surface area contributed by atoms with Gasteiger partial charge in [0, 0.05) is 6.20 Å². The number of halogens is 1. The quantitative estimate of drug-likeness (QED) is 0.832. The molecule has 1 heterocycles. The summed E-state index contributed by atoms with van der Waals surface area (Å²) in [5.41, 5.74) is 1.79. The second-order valence-corrected chi connectivity index (χ2v) is 5.17. The van der Waals surface area contributed by atoms with Gasteiger partial charge in [0.2, 0.25) is 0 Å². The van der Waals surface area contributed by atoms with Gasteiger partial charge in [0.05, 0.1) is 13.0 Å². The van der Waals surface area contributed by atoms with E-state index in [1.807, 2.05) is 24.3 Å². The maximum Gasteiger partial charge on any atom is 0.307 e. The van der Waals surface area contributed by atoms with Gasteiger partial charge in [-0.15, -0.1) is 0 Å². The van der Waals surface area contributed by atoms with Crippen LogP contribution in [-0.2, 0) is 17.6 Å². The maximum absolute atomic E-state index is 11.5. The van der Waals surface area contributed by atoms with Gasteiger partial charge < -0.3 is 9.84 Å². The molecule has 0 bridgehead atoms. The summed E-state index contributed by atoms with van der Waals surface area (Å²) in [6.07, 6.45) is 2.47. The Morgan fingerprint density at radius 3 is 2.67 bits per heavy atom. The first-order valence-electron chi connectivity index (χ1n) is 6.54. The van der Waals surface area contributed by atoms with Gasteiger partial charge in [0.25, 0.3) is 0 Å². The minimum atomic E-state index is -0.826. The smallest absolute Gasteiger partial charge is 0.307 e. The zero-order valence-corrected chi connectivity index (χ0v) is 12.4. The zero-order chi connectivity index (χ0) is 15.2. The van der Waals surface area contributed by atoms with Crippen molar-refractivity contribution in [1.29, 1.82) is 0 Å². The third kappa shape index (κ3) is 4.46. The third-order valence-corrected chi connectivity index (χ3v) is 3.46. The van der Waals surface area contributed by atoms with Gasteiger partial charge in [-0.05, 0) is 42.2 Å². The molecule has 21 heavy (non-hydrogen) atoms. The molecule has 0 fully saturated rings. The Kier molecular flexibility index (Phi) is 5.17. The highest BCUT2D eigenvalue weighted by Gasteiger charge is 2.19. The summed E-state index contributed by atoms with van der Waals surface area (Å²) in [4.78, 5) is 15.4. The standard InChI is InChI=1S/C16H16ClNO3/c1-21-14-4-2-3-11(9-14)7-13(16(19)20)8-12-5-6-15(17)18-10-12/h2-6,9-10,13H,7-8H2,1H3,(H,19,20). The first-order valence-corrected chi connectivity index (χ1v) is 6.92. The van der Waals surface area contributed by atoms with Crippen molar-refractivity contribution in [3.8, 4) is 5.75 Å². The Morgan fingerprint density at radius 2 is 2.05 bits per heavy atom. The summed E-state index contributed by atoms with van der Waals surface area (Å²) in [6, 6.07) is 10.9. The number of carbonyl (C=O) groups is 1. The molecular formula is C16H16ClNO3. The van der Waals surface area contributed by atoms with Crippen LogP contribution in [-0.4, -0.2) is 23.2 Å². The Balaban J connectivity index is 2.11. The summed E-state index contributed by atoms with van der Waals surface area (Å²) < 4.78 is 5.16. The predicted octanol–water partition coefficient (Wildman–Crippen LogP) is 3.23. The number of hydrogen-bond donors (Lipinski definition) is 1. The van der Waals surface area contributed by atoms with Gasteiger partial charge in [-0.1, -0.05) is 29.8 Å². The number of nitrogens with zero attached hydrogens (tertiary/aromatic N) is 1. The van der Waals surface area contributed by atoms with Crippen LogP contribution in [0.2, 0.25) is 5.15 Å². The largest absolute Gasteiger partial charge is 0.497 e. The van der Waals surface area contributed by atoms with Crippen molar-refractivity contribution in [1.82, 2.24) is 4.98 Å². The lowest BCUT2D eigenvalue weighted by Gasteiger charge is -2.13. The van der Waals surface area contributed by atoms with Crippen molar-refractivity contribution in [2.45, 2.75) is 12.8 Å². The third-order valence-electron chi connectivity index (χ3n) is 3.24. The average molecular weight is 306 g/mol. The molecule has 1 aromatic heterocycles. The molecule has 1 unspecified atom stereocenters. The van der Waals surface area contributed by atoms with Crippen molar-refractivity contribution in [3.05, 3.63) is 58.9 Å². The number of ether oxygens (including phenoxy) is 1. The average Bonchev–Trinajstić information content (AvgIpc) is 2.49. The maximum atomic E-state index is 11.5. The second kappa shape index (κ2) is 7.09. The van der Waals surface area contributed by atoms with E-state index in [0.29, 0.717) is 18.0 Å². The first kappa shape index (κ1) is 15.3. The fraction of sp³-hybridized carbons (Fsp3) is 0.250. The summed E-state index contributed by atoms with van der Waals surface area (Å²) in [7, 11) is 1.59. The van der Waals surface area contributed by atoms with Crippen LogP contribution in [0.25, 0.3) is 0 Å². The van der Waals surface area contributed by atoms with Gasteiger partial charge in [0.1, 0.15) is 10.9 Å². The Morgan fingerprint density at radius 1 is 1.29 bits per heavy atom. The minimum Gasteiger partial charge on any atom is -0.497 e. The molecule has 1 N–H and O–H groups in total. The SMILES string of the molecule is COc1cccc(CC(Cc2ccc(Cl)nc2)C(=O)O)c1. The number of aliphatic carboxylic acids is 1.